The Bertz CT molecular complexity index is 1420. The molecule has 1 aromatic carbocycles. The molecule has 4 atom stereocenters. The van der Waals surface area contributed by atoms with E-state index in [1.54, 1.807) is 40.1 Å². The number of benzene rings is 1. The second-order valence-electron chi connectivity index (χ2n) is 16.0. The molecule has 0 radical (unpaired) electrons. The smallest absolute Gasteiger partial charge is 0.467 e. The molecule has 0 aliphatic heterocycles. The first kappa shape index (κ1) is 52.6. The van der Waals surface area contributed by atoms with E-state index >= 15 is 0 Å². The van der Waals surface area contributed by atoms with Crippen LogP contribution in [0.1, 0.15) is 91.0 Å². The van der Waals surface area contributed by atoms with Crippen molar-refractivity contribution in [3.8, 4) is 0 Å². The van der Waals surface area contributed by atoms with Crippen LogP contribution in [0.2, 0.25) is 0 Å². The number of nitrogens with one attached hydrogen (secondary N) is 1. The summed E-state index contributed by atoms with van der Waals surface area (Å²) in [4.78, 5) is 41.0. The van der Waals surface area contributed by atoms with Crippen LogP contribution in [0.3, 0.4) is 0 Å². The molecule has 0 aliphatic rings. The van der Waals surface area contributed by atoms with E-state index < -0.39 is 34.6 Å². The lowest BCUT2D eigenvalue weighted by molar-refractivity contribution is -0.870. The van der Waals surface area contributed by atoms with Crippen LogP contribution in [-0.2, 0) is 42.8 Å². The third-order valence-corrected chi connectivity index (χ3v) is 11.8. The summed E-state index contributed by atoms with van der Waals surface area (Å²) in [5, 5.41) is 22.5. The number of ether oxygens (including phenoxy) is 6. The molecule has 0 saturated heterocycles. The largest absolute Gasteiger partial charge is 0.488 e. The first-order valence-corrected chi connectivity index (χ1v) is 21.2. The Balaban J connectivity index is 3.43. The van der Waals surface area contributed by atoms with E-state index in [-0.39, 0.29) is 43.5 Å². The van der Waals surface area contributed by atoms with Gasteiger partial charge in [-0.25, -0.2) is 0 Å². The molecule has 3 N–H and O–H groups in total. The zero-order chi connectivity index (χ0) is 43.3. The van der Waals surface area contributed by atoms with Crippen LogP contribution in [0.15, 0.2) is 24.3 Å². The molecule has 0 saturated carbocycles. The molecule has 13 nitrogen and oxygen atoms in total. The molecule has 0 aliphatic carbocycles. The number of esters is 3. The Morgan fingerprint density at radius 2 is 1.32 bits per heavy atom. The van der Waals surface area contributed by atoms with Gasteiger partial charge in [0.15, 0.2) is 0 Å². The van der Waals surface area contributed by atoms with Crippen molar-refractivity contribution >= 4 is 76.1 Å². The second kappa shape index (κ2) is 26.0. The minimum atomic E-state index is -1.63. The third kappa shape index (κ3) is 20.0. The highest BCUT2D eigenvalue weighted by Gasteiger charge is 2.42. The van der Waals surface area contributed by atoms with Gasteiger partial charge in [-0.3, -0.25) is 14.4 Å². The van der Waals surface area contributed by atoms with E-state index in [4.69, 9.17) is 52.9 Å². The van der Waals surface area contributed by atoms with Gasteiger partial charge in [-0.1, -0.05) is 43.4 Å². The summed E-state index contributed by atoms with van der Waals surface area (Å²) < 4.78 is 33.3. The van der Waals surface area contributed by atoms with Gasteiger partial charge >= 0.3 is 25.0 Å². The molecule has 0 heterocycles. The lowest BCUT2D eigenvalue weighted by atomic mass is 9.72. The van der Waals surface area contributed by atoms with Gasteiger partial charge in [-0.15, -0.1) is 11.8 Å². The lowest BCUT2D eigenvalue weighted by Crippen LogP contribution is -2.40. The quantitative estimate of drug-likeness (QED) is 0.0269. The van der Waals surface area contributed by atoms with Crippen molar-refractivity contribution in [2.24, 2.45) is 10.8 Å². The Labute approximate surface area is 356 Å². The first-order valence-electron chi connectivity index (χ1n) is 19.5. The average molecular weight is 860 g/mol. The molecule has 0 bridgehead atoms. The molecule has 17 heteroatoms. The molecule has 0 fully saturated rings. The van der Waals surface area contributed by atoms with Gasteiger partial charge in [0.2, 0.25) is 0 Å². The van der Waals surface area contributed by atoms with Crippen molar-refractivity contribution in [1.82, 2.24) is 5.32 Å². The van der Waals surface area contributed by atoms with Crippen molar-refractivity contribution in [1.29, 1.82) is 0 Å². The number of nitrogens with zero attached hydrogens (tertiary/aromatic N) is 1. The van der Waals surface area contributed by atoms with E-state index in [2.05, 4.69) is 5.32 Å². The summed E-state index contributed by atoms with van der Waals surface area (Å²) in [7, 11) is 7.69. The third-order valence-electron chi connectivity index (χ3n) is 10.2. The number of rotatable bonds is 28. The van der Waals surface area contributed by atoms with Gasteiger partial charge in [-0.05, 0) is 102 Å². The highest BCUT2D eigenvalue weighted by atomic mass is 32.2. The van der Waals surface area contributed by atoms with Gasteiger partial charge in [-0.2, -0.15) is 0 Å². The van der Waals surface area contributed by atoms with Crippen LogP contribution < -0.4 is 10.8 Å². The Hall–Kier alpha value is -2.38. The Morgan fingerprint density at radius 1 is 0.789 bits per heavy atom. The number of quaternary nitrogens is 1. The maximum Gasteiger partial charge on any atom is 0.488 e. The van der Waals surface area contributed by atoms with E-state index in [1.807, 2.05) is 54.0 Å². The predicted molar refractivity (Wildman–Crippen MR) is 234 cm³/mol. The van der Waals surface area contributed by atoms with E-state index in [1.165, 1.54) is 11.8 Å². The lowest BCUT2D eigenvalue weighted by Gasteiger charge is -2.34. The van der Waals surface area contributed by atoms with E-state index in [9.17, 15) is 24.4 Å². The number of thioether (sulfide) groups is 1. The zero-order valence-electron chi connectivity index (χ0n) is 35.8. The second-order valence-corrected chi connectivity index (χ2v) is 19.0. The van der Waals surface area contributed by atoms with Gasteiger partial charge in [0, 0.05) is 18.4 Å². The molecule has 57 heavy (non-hydrogen) atoms. The average Bonchev–Trinajstić information content (AvgIpc) is 3.15. The number of hydrogen-bond acceptors (Lipinski definition) is 14. The minimum Gasteiger partial charge on any atom is -0.467 e. The Morgan fingerprint density at radius 3 is 1.88 bits per heavy atom. The SMILES string of the molecule is CCC(C)(CCC(C)(CCC(CCC(C)(SC(C)=S)C(=O)OCCOC(=S)NC)c1ccc(B(O)O)cc1)C(=O)OCCOCCOC)C(=O)OCC[N+](C)(C)C. The maximum absolute atomic E-state index is 14.0. The minimum absolute atomic E-state index is 0.000418. The number of hydrogen-bond donors (Lipinski definition) is 3. The van der Waals surface area contributed by atoms with Crippen molar-refractivity contribution in [2.75, 3.05) is 88.1 Å². The molecule has 324 valence electrons. The summed E-state index contributed by atoms with van der Waals surface area (Å²) in [6.07, 6.45) is 3.07. The van der Waals surface area contributed by atoms with Gasteiger partial charge in [0.05, 0.1) is 51.8 Å². The van der Waals surface area contributed by atoms with Gasteiger partial charge in [0.1, 0.15) is 37.7 Å². The molecule has 0 aromatic heterocycles. The van der Waals surface area contributed by atoms with Crippen LogP contribution >= 0.6 is 36.2 Å². The van der Waals surface area contributed by atoms with Gasteiger partial charge in [0.25, 0.3) is 5.17 Å². The van der Waals surface area contributed by atoms with Crippen molar-refractivity contribution in [3.63, 3.8) is 0 Å². The number of thiocarbonyl (C=S) groups is 2. The van der Waals surface area contributed by atoms with Crippen LogP contribution in [0.25, 0.3) is 0 Å². The predicted octanol–water partition coefficient (Wildman–Crippen LogP) is 4.57. The van der Waals surface area contributed by atoms with Crippen LogP contribution in [-0.4, -0.2) is 142 Å². The number of carbonyl (C=O) groups excluding carboxylic acids is 3. The van der Waals surface area contributed by atoms with Crippen molar-refractivity contribution in [2.45, 2.75) is 90.2 Å². The summed E-state index contributed by atoms with van der Waals surface area (Å²) in [6.45, 7) is 11.4. The summed E-state index contributed by atoms with van der Waals surface area (Å²) in [6, 6.07) is 6.98. The maximum atomic E-state index is 14.0. The molecule has 0 amide bonds. The summed E-state index contributed by atoms with van der Waals surface area (Å²) in [5.74, 6) is -1.31. The number of likely N-dealkylation sites (N-methyl/N-ethyl adjacent to an activating group) is 1. The van der Waals surface area contributed by atoms with E-state index in [0.29, 0.717) is 85.5 Å². The first-order chi connectivity index (χ1) is 26.6. The monoisotopic (exact) mass is 859 g/mol. The molecular weight excluding hydrogens is 791 g/mol. The van der Waals surface area contributed by atoms with Crippen molar-refractivity contribution < 1.29 is 57.3 Å². The van der Waals surface area contributed by atoms with Crippen LogP contribution in [0.4, 0.5) is 0 Å². The summed E-state index contributed by atoms with van der Waals surface area (Å²) in [5.41, 5.74) is -0.585. The fraction of sp³-hybridized carbons (Fsp3) is 0.725. The van der Waals surface area contributed by atoms with Crippen LogP contribution in [0.5, 0.6) is 0 Å². The molecular formula is C40H68BN2O11S3+. The topological polar surface area (TPSA) is 159 Å². The standard InChI is InChI=1S/C40H67BN2O11S3/c1-11-38(3,34(44)51-23-22-43(7,8)9)20-21-39(4,35(45)52-27-26-50-25-24-49-10)18-16-32(31-12-14-33(15-13-31)41(47)48)17-19-40(5,57-30(2)55)36(46)53-28-29-54-37(56)42-6/h12-15,32,47-48H,11,16-29H2,1-10H3/p+1. The molecule has 1 rings (SSSR count). The molecule has 4 unspecified atom stereocenters. The fourth-order valence-corrected chi connectivity index (χ4v) is 7.50. The molecule has 0 spiro atoms. The highest BCUT2D eigenvalue weighted by molar-refractivity contribution is 8.24. The number of carbonyl (C=O) groups is 3. The fourth-order valence-electron chi connectivity index (χ4n) is 5.87. The zero-order valence-corrected chi connectivity index (χ0v) is 38.3. The van der Waals surface area contributed by atoms with Gasteiger partial charge < -0.3 is 48.3 Å². The highest BCUT2D eigenvalue weighted by Crippen LogP contribution is 2.42. The number of methoxy groups -OCH3 is 1. The van der Waals surface area contributed by atoms with E-state index in [0.717, 1.165) is 5.56 Å². The normalized spacial score (nSPS) is 15.2. The van der Waals surface area contributed by atoms with Crippen molar-refractivity contribution in [3.05, 3.63) is 29.8 Å². The Kier molecular flexibility index (Phi) is 24.0. The molecule has 1 aromatic rings. The van der Waals surface area contributed by atoms with Crippen LogP contribution in [0, 0.1) is 10.8 Å². The summed E-state index contributed by atoms with van der Waals surface area (Å²) >= 11 is 11.7.